The highest BCUT2D eigenvalue weighted by molar-refractivity contribution is 6.00. The van der Waals surface area contributed by atoms with E-state index in [0.29, 0.717) is 53.4 Å². The second-order valence-corrected chi connectivity index (χ2v) is 13.6. The molecule has 2 fully saturated rings. The fourth-order valence-corrected chi connectivity index (χ4v) is 8.14. The highest BCUT2D eigenvalue weighted by Crippen LogP contribution is 2.46. The fraction of sp³-hybridized carbons (Fsp3) is 0.359. The smallest absolute Gasteiger partial charge is 0.256 e. The zero-order valence-electron chi connectivity index (χ0n) is 26.7. The molecule has 8 heteroatoms. The third kappa shape index (κ3) is 5.48. The zero-order valence-corrected chi connectivity index (χ0v) is 26.7. The molecule has 0 spiro atoms. The van der Waals surface area contributed by atoms with Crippen LogP contribution in [0.15, 0.2) is 78.0 Å². The van der Waals surface area contributed by atoms with E-state index >= 15 is 4.39 Å². The second kappa shape index (κ2) is 12.2. The second-order valence-electron chi connectivity index (χ2n) is 13.6. The van der Waals surface area contributed by atoms with Crippen LogP contribution >= 0.6 is 0 Å². The normalized spacial score (nSPS) is 20.4. The van der Waals surface area contributed by atoms with Crippen LogP contribution in [0.2, 0.25) is 0 Å². The maximum Gasteiger partial charge on any atom is 0.256 e. The molecule has 7 nitrogen and oxygen atoms in total. The number of hydrogen-bond acceptors (Lipinski definition) is 5. The van der Waals surface area contributed by atoms with Gasteiger partial charge in [0.05, 0.1) is 11.1 Å². The molecule has 240 valence electrons. The Morgan fingerprint density at radius 2 is 1.91 bits per heavy atom. The number of carbonyl (C=O) groups excluding carboxylic acids is 1. The lowest BCUT2D eigenvalue weighted by Gasteiger charge is -2.27. The van der Waals surface area contributed by atoms with Gasteiger partial charge >= 0.3 is 0 Å². The molecular weight excluding hydrogens is 591 g/mol. The van der Waals surface area contributed by atoms with Crippen molar-refractivity contribution in [1.82, 2.24) is 19.8 Å². The van der Waals surface area contributed by atoms with Gasteiger partial charge in [-0.1, -0.05) is 30.3 Å². The van der Waals surface area contributed by atoms with Gasteiger partial charge in [-0.25, -0.2) is 4.39 Å². The highest BCUT2D eigenvalue weighted by Gasteiger charge is 2.31. The van der Waals surface area contributed by atoms with Crippen LogP contribution in [0.4, 0.5) is 4.39 Å². The minimum Gasteiger partial charge on any atom is -0.452 e. The van der Waals surface area contributed by atoms with E-state index in [4.69, 9.17) is 4.74 Å². The van der Waals surface area contributed by atoms with Crippen LogP contribution in [-0.4, -0.2) is 46.5 Å². The molecule has 2 aliphatic heterocycles. The van der Waals surface area contributed by atoms with Gasteiger partial charge in [-0.2, -0.15) is 0 Å². The number of halogens is 1. The maximum absolute atomic E-state index is 16.2. The molecule has 0 radical (unpaired) electrons. The Hall–Kier alpha value is -4.56. The average molecular weight is 631 g/mol. The Morgan fingerprint density at radius 3 is 2.70 bits per heavy atom. The molecule has 1 N–H and O–H groups in total. The number of carbonyl (C=O) groups is 1. The van der Waals surface area contributed by atoms with Crippen LogP contribution in [0.3, 0.4) is 0 Å². The van der Waals surface area contributed by atoms with Gasteiger partial charge in [0.25, 0.3) is 5.91 Å². The molecule has 1 amide bonds. The van der Waals surface area contributed by atoms with Crippen molar-refractivity contribution >= 4 is 27.6 Å². The fourth-order valence-electron chi connectivity index (χ4n) is 8.14. The number of hydrogen-bond donors (Lipinski definition) is 1. The Morgan fingerprint density at radius 1 is 1.06 bits per heavy atom. The summed E-state index contributed by atoms with van der Waals surface area (Å²) in [5.74, 6) is 0.965. The topological polar surface area (TPSA) is 76.5 Å². The van der Waals surface area contributed by atoms with Crippen molar-refractivity contribution in [2.75, 3.05) is 20.1 Å². The summed E-state index contributed by atoms with van der Waals surface area (Å²) in [6.07, 6.45) is 13.0. The molecule has 5 aromatic rings. The summed E-state index contributed by atoms with van der Waals surface area (Å²) in [6, 6.07) is 17.8. The number of pyridine rings is 2. The van der Waals surface area contributed by atoms with Gasteiger partial charge in [0.2, 0.25) is 5.43 Å². The highest BCUT2D eigenvalue weighted by atomic mass is 19.1. The first-order valence-electron chi connectivity index (χ1n) is 16.9. The van der Waals surface area contributed by atoms with Crippen molar-refractivity contribution in [3.63, 3.8) is 0 Å². The van der Waals surface area contributed by atoms with Crippen molar-refractivity contribution in [3.8, 4) is 17.2 Å². The summed E-state index contributed by atoms with van der Waals surface area (Å²) >= 11 is 0. The van der Waals surface area contributed by atoms with E-state index in [1.807, 2.05) is 53.2 Å². The molecule has 3 atom stereocenters. The molecule has 4 heterocycles. The van der Waals surface area contributed by atoms with E-state index in [1.165, 1.54) is 11.6 Å². The summed E-state index contributed by atoms with van der Waals surface area (Å²) in [6.45, 7) is 1.53. The summed E-state index contributed by atoms with van der Waals surface area (Å²) in [7, 11) is 2.11. The lowest BCUT2D eigenvalue weighted by atomic mass is 9.93. The molecule has 1 saturated heterocycles. The predicted molar refractivity (Wildman–Crippen MR) is 182 cm³/mol. The van der Waals surface area contributed by atoms with Gasteiger partial charge in [-0.15, -0.1) is 0 Å². The van der Waals surface area contributed by atoms with Crippen molar-refractivity contribution in [2.24, 2.45) is 5.92 Å². The molecule has 2 aromatic heterocycles. The quantitative estimate of drug-likeness (QED) is 0.188. The van der Waals surface area contributed by atoms with Gasteiger partial charge in [-0.3, -0.25) is 14.6 Å². The number of rotatable bonds is 8. The van der Waals surface area contributed by atoms with Crippen LogP contribution in [-0.2, 0) is 6.42 Å². The number of ether oxygens (including phenoxy) is 1. The molecule has 8 rings (SSSR count). The Balaban J connectivity index is 1.15. The van der Waals surface area contributed by atoms with Crippen molar-refractivity contribution in [3.05, 3.63) is 106 Å². The monoisotopic (exact) mass is 630 g/mol. The van der Waals surface area contributed by atoms with Gasteiger partial charge in [-0.05, 0) is 117 Å². The summed E-state index contributed by atoms with van der Waals surface area (Å²) < 4.78 is 24.6. The maximum atomic E-state index is 16.2. The molecule has 3 unspecified atom stereocenters. The lowest BCUT2D eigenvalue weighted by Crippen LogP contribution is -2.34. The number of nitrogens with zero attached hydrogens (tertiary/aromatic N) is 3. The zero-order chi connectivity index (χ0) is 32.1. The van der Waals surface area contributed by atoms with Crippen molar-refractivity contribution in [2.45, 2.75) is 63.3 Å². The van der Waals surface area contributed by atoms with Crippen LogP contribution in [0.1, 0.15) is 72.3 Å². The number of benzene rings is 3. The number of amides is 1. The number of nitrogens with one attached hydrogen (secondary N) is 1. The van der Waals surface area contributed by atoms with E-state index in [-0.39, 0.29) is 10.9 Å². The Labute approximate surface area is 273 Å². The first-order chi connectivity index (χ1) is 22.9. The van der Waals surface area contributed by atoms with Crippen LogP contribution < -0.4 is 15.5 Å². The minimum absolute atomic E-state index is 0.00350. The van der Waals surface area contributed by atoms with Crippen LogP contribution in [0.5, 0.6) is 11.5 Å². The number of fused-ring (bicyclic) bond motifs is 3. The summed E-state index contributed by atoms with van der Waals surface area (Å²) in [5.41, 5.74) is 2.50. The van der Waals surface area contributed by atoms with Crippen LogP contribution in [0.25, 0.3) is 27.4 Å². The van der Waals surface area contributed by atoms with Gasteiger partial charge in [0.1, 0.15) is 16.9 Å². The van der Waals surface area contributed by atoms with E-state index in [1.54, 1.807) is 12.4 Å². The van der Waals surface area contributed by atoms with Gasteiger partial charge in [0, 0.05) is 36.7 Å². The molecule has 3 aliphatic rings. The van der Waals surface area contributed by atoms with E-state index in [9.17, 15) is 9.59 Å². The largest absolute Gasteiger partial charge is 0.452 e. The SMILES string of the molecule is CN1CCCC1CCNC(=O)c1cn2c3c(c(CCC4CCC(c5cccnc5)C4)c(F)cc3c1=O)Oc1cc3ccccc3cc1-2. The molecule has 47 heavy (non-hydrogen) atoms. The van der Waals surface area contributed by atoms with Gasteiger partial charge < -0.3 is 19.5 Å². The molecule has 1 saturated carbocycles. The first-order valence-corrected chi connectivity index (χ1v) is 16.9. The number of aromatic nitrogens is 2. The Bertz CT molecular complexity index is 2060. The first kappa shape index (κ1) is 29.8. The van der Waals surface area contributed by atoms with Crippen molar-refractivity contribution < 1.29 is 13.9 Å². The van der Waals surface area contributed by atoms with Crippen molar-refractivity contribution in [1.29, 1.82) is 0 Å². The number of likely N-dealkylation sites (tertiary alicyclic amines) is 1. The Kier molecular flexibility index (Phi) is 7.76. The minimum atomic E-state index is -0.485. The molecular formula is C39H39FN4O3. The lowest BCUT2D eigenvalue weighted by molar-refractivity contribution is 0.0949. The van der Waals surface area contributed by atoms with Gasteiger partial charge in [0.15, 0.2) is 11.5 Å². The molecule has 3 aromatic carbocycles. The van der Waals surface area contributed by atoms with E-state index in [2.05, 4.69) is 28.3 Å². The average Bonchev–Trinajstić information content (AvgIpc) is 3.74. The van der Waals surface area contributed by atoms with Crippen LogP contribution in [0, 0.1) is 11.7 Å². The molecule has 1 aliphatic carbocycles. The van der Waals surface area contributed by atoms with E-state index < -0.39 is 17.2 Å². The summed E-state index contributed by atoms with van der Waals surface area (Å²) in [4.78, 5) is 34.0. The molecule has 0 bridgehead atoms. The standard InChI is InChI=1S/C39H39FN4O3/c1-43-17-5-9-29(43)14-16-42-39(46)32-23-44-34-19-25-6-2-3-7-26(25)20-35(34)47-38-30(33(40)21-31(36(38)44)37(32)45)13-11-24-10-12-27(18-24)28-8-4-15-41-22-28/h2-4,6-8,15,19-24,27,29H,5,9-14,16-18H2,1H3,(H,42,46). The third-order valence-corrected chi connectivity index (χ3v) is 10.8. The van der Waals surface area contributed by atoms with E-state index in [0.717, 1.165) is 68.0 Å². The predicted octanol–water partition coefficient (Wildman–Crippen LogP) is 7.51. The third-order valence-electron chi connectivity index (χ3n) is 10.8. The summed E-state index contributed by atoms with van der Waals surface area (Å²) in [5, 5.41) is 5.12.